The molecule has 1 rings (SSSR count). The molecule has 2 atom stereocenters. The lowest BCUT2D eigenvalue weighted by molar-refractivity contribution is -0.139. The Morgan fingerprint density at radius 1 is 1.42 bits per heavy atom. The molecule has 0 saturated carbocycles. The van der Waals surface area contributed by atoms with E-state index in [0.717, 1.165) is 0 Å². The molecule has 0 spiro atoms. The molecule has 1 aliphatic rings. The fourth-order valence-corrected chi connectivity index (χ4v) is 3.57. The summed E-state index contributed by atoms with van der Waals surface area (Å²) >= 11 is 0. The molecule has 0 aliphatic carbocycles. The van der Waals surface area contributed by atoms with E-state index in [1.54, 1.807) is 5.32 Å². The lowest BCUT2D eigenvalue weighted by atomic mass is 10.1. The third kappa shape index (κ3) is 6.24. The van der Waals surface area contributed by atoms with Crippen LogP contribution in [0.3, 0.4) is 0 Å². The van der Waals surface area contributed by atoms with E-state index in [-0.39, 0.29) is 17.5 Å². The van der Waals surface area contributed by atoms with Gasteiger partial charge in [-0.2, -0.15) is 13.2 Å². The molecule has 0 aromatic heterocycles. The van der Waals surface area contributed by atoms with E-state index in [2.05, 4.69) is 5.32 Å². The Morgan fingerprint density at radius 3 is 2.58 bits per heavy atom. The van der Waals surface area contributed by atoms with Crippen molar-refractivity contribution in [1.82, 2.24) is 10.6 Å². The zero-order chi connectivity index (χ0) is 14.7. The van der Waals surface area contributed by atoms with Gasteiger partial charge in [-0.1, -0.05) is 0 Å². The van der Waals surface area contributed by atoms with E-state index >= 15 is 0 Å². The van der Waals surface area contributed by atoms with E-state index in [4.69, 9.17) is 0 Å². The zero-order valence-corrected chi connectivity index (χ0v) is 11.3. The second-order valence-electron chi connectivity index (χ2n) is 4.67. The second-order valence-corrected chi connectivity index (χ2v) is 6.90. The van der Waals surface area contributed by atoms with Gasteiger partial charge in [-0.05, 0) is 19.8 Å². The van der Waals surface area contributed by atoms with Gasteiger partial charge in [0.25, 0.3) is 0 Å². The SMILES string of the molecule is CC(NC1CCCS(=O)(=O)C1)C(=O)NCC(F)(F)F. The first-order chi connectivity index (χ1) is 8.59. The van der Waals surface area contributed by atoms with E-state index in [1.165, 1.54) is 6.92 Å². The van der Waals surface area contributed by atoms with E-state index in [9.17, 15) is 26.4 Å². The van der Waals surface area contributed by atoms with Crippen LogP contribution in [0.15, 0.2) is 0 Å². The van der Waals surface area contributed by atoms with Gasteiger partial charge < -0.3 is 10.6 Å². The summed E-state index contributed by atoms with van der Waals surface area (Å²) in [4.78, 5) is 11.4. The third-order valence-electron chi connectivity index (χ3n) is 2.81. The molecule has 112 valence electrons. The van der Waals surface area contributed by atoms with E-state index in [1.807, 2.05) is 0 Å². The molecule has 1 amide bonds. The first kappa shape index (κ1) is 16.2. The number of rotatable bonds is 4. The maximum Gasteiger partial charge on any atom is 0.405 e. The minimum atomic E-state index is -4.45. The van der Waals surface area contributed by atoms with Crippen molar-refractivity contribution in [3.63, 3.8) is 0 Å². The number of carbonyl (C=O) groups excluding carboxylic acids is 1. The Bertz CT molecular complexity index is 422. The Kier molecular flexibility index (Phi) is 5.19. The molecule has 1 aliphatic heterocycles. The minimum absolute atomic E-state index is 0.0795. The highest BCUT2D eigenvalue weighted by Gasteiger charge is 2.30. The molecule has 2 unspecified atom stereocenters. The largest absolute Gasteiger partial charge is 0.405 e. The molecule has 0 radical (unpaired) electrons. The van der Waals surface area contributed by atoms with Gasteiger partial charge in [-0.25, -0.2) is 8.42 Å². The van der Waals surface area contributed by atoms with Crippen molar-refractivity contribution >= 4 is 15.7 Å². The monoisotopic (exact) mass is 302 g/mol. The van der Waals surface area contributed by atoms with Crippen molar-refractivity contribution in [2.45, 2.75) is 38.0 Å². The van der Waals surface area contributed by atoms with Crippen molar-refractivity contribution in [3.8, 4) is 0 Å². The average Bonchev–Trinajstić information content (AvgIpc) is 2.23. The van der Waals surface area contributed by atoms with Crippen LogP contribution in [0.25, 0.3) is 0 Å². The quantitative estimate of drug-likeness (QED) is 0.779. The van der Waals surface area contributed by atoms with Gasteiger partial charge in [0.05, 0.1) is 17.5 Å². The minimum Gasteiger partial charge on any atom is -0.346 e. The van der Waals surface area contributed by atoms with Crippen molar-refractivity contribution < 1.29 is 26.4 Å². The van der Waals surface area contributed by atoms with Crippen LogP contribution in [0.2, 0.25) is 0 Å². The highest BCUT2D eigenvalue weighted by molar-refractivity contribution is 7.91. The summed E-state index contributed by atoms with van der Waals surface area (Å²) in [6.07, 6.45) is -3.36. The predicted octanol–water partition coefficient (Wildman–Crippen LogP) is 0.220. The molecule has 1 saturated heterocycles. The summed E-state index contributed by atoms with van der Waals surface area (Å²) < 4.78 is 58.5. The Morgan fingerprint density at radius 2 is 2.05 bits per heavy atom. The van der Waals surface area contributed by atoms with Gasteiger partial charge in [0, 0.05) is 6.04 Å². The summed E-state index contributed by atoms with van der Waals surface area (Å²) in [6.45, 7) is 0.0216. The predicted molar refractivity (Wildman–Crippen MR) is 63.3 cm³/mol. The highest BCUT2D eigenvalue weighted by Crippen LogP contribution is 2.13. The first-order valence-corrected chi connectivity index (χ1v) is 7.72. The maximum absolute atomic E-state index is 11.9. The Hall–Kier alpha value is -0.830. The molecule has 2 N–H and O–H groups in total. The molecule has 5 nitrogen and oxygen atoms in total. The smallest absolute Gasteiger partial charge is 0.346 e. The van der Waals surface area contributed by atoms with Gasteiger partial charge in [-0.3, -0.25) is 4.79 Å². The molecule has 19 heavy (non-hydrogen) atoms. The number of alkyl halides is 3. The summed E-state index contributed by atoms with van der Waals surface area (Å²) in [5.74, 6) is -0.746. The molecule has 0 bridgehead atoms. The number of halogens is 3. The summed E-state index contributed by atoms with van der Waals surface area (Å²) in [6, 6.07) is -1.24. The van der Waals surface area contributed by atoms with Crippen LogP contribution < -0.4 is 10.6 Å². The van der Waals surface area contributed by atoms with Crippen LogP contribution in [0.1, 0.15) is 19.8 Å². The maximum atomic E-state index is 11.9. The lowest BCUT2D eigenvalue weighted by Crippen LogP contribution is -2.51. The topological polar surface area (TPSA) is 75.3 Å². The molecular formula is C10H17F3N2O3S. The molecule has 1 fully saturated rings. The van der Waals surface area contributed by atoms with E-state index in [0.29, 0.717) is 12.8 Å². The Balaban J connectivity index is 2.41. The zero-order valence-electron chi connectivity index (χ0n) is 10.5. The summed E-state index contributed by atoms with van der Waals surface area (Å²) in [5.41, 5.74) is 0. The molecule has 0 aromatic carbocycles. The fourth-order valence-electron chi connectivity index (χ4n) is 1.92. The second kappa shape index (κ2) is 6.08. The van der Waals surface area contributed by atoms with Crippen LogP contribution in [-0.4, -0.2) is 50.6 Å². The molecule has 0 aromatic rings. The number of sulfone groups is 1. The average molecular weight is 302 g/mol. The number of amides is 1. The van der Waals surface area contributed by atoms with Crippen LogP contribution in [-0.2, 0) is 14.6 Å². The van der Waals surface area contributed by atoms with Crippen molar-refractivity contribution in [3.05, 3.63) is 0 Å². The van der Waals surface area contributed by atoms with Gasteiger partial charge in [0.15, 0.2) is 9.84 Å². The van der Waals surface area contributed by atoms with Crippen molar-refractivity contribution in [1.29, 1.82) is 0 Å². The van der Waals surface area contributed by atoms with Crippen molar-refractivity contribution in [2.75, 3.05) is 18.1 Å². The van der Waals surface area contributed by atoms with Crippen LogP contribution in [0.5, 0.6) is 0 Å². The van der Waals surface area contributed by atoms with Gasteiger partial charge in [0.1, 0.15) is 6.54 Å². The van der Waals surface area contributed by atoms with Crippen LogP contribution >= 0.6 is 0 Å². The normalized spacial score (nSPS) is 24.7. The summed E-state index contributed by atoms with van der Waals surface area (Å²) in [5, 5.41) is 4.51. The lowest BCUT2D eigenvalue weighted by Gasteiger charge is -2.26. The fraction of sp³-hybridized carbons (Fsp3) is 0.900. The van der Waals surface area contributed by atoms with Gasteiger partial charge >= 0.3 is 6.18 Å². The van der Waals surface area contributed by atoms with Gasteiger partial charge in [0.2, 0.25) is 5.91 Å². The molecule has 1 heterocycles. The Labute approximate surface area is 109 Å². The van der Waals surface area contributed by atoms with E-state index < -0.39 is 34.5 Å². The van der Waals surface area contributed by atoms with Crippen LogP contribution in [0.4, 0.5) is 13.2 Å². The number of nitrogens with one attached hydrogen (secondary N) is 2. The number of hydrogen-bond donors (Lipinski definition) is 2. The van der Waals surface area contributed by atoms with Gasteiger partial charge in [-0.15, -0.1) is 0 Å². The standard InChI is InChI=1S/C10H17F3N2O3S/c1-7(9(16)14-6-10(11,12)13)15-8-3-2-4-19(17,18)5-8/h7-8,15H,2-6H2,1H3,(H,14,16). The van der Waals surface area contributed by atoms with Crippen molar-refractivity contribution in [2.24, 2.45) is 0 Å². The highest BCUT2D eigenvalue weighted by atomic mass is 32.2. The summed E-state index contributed by atoms with van der Waals surface area (Å²) in [7, 11) is -3.11. The number of carbonyl (C=O) groups is 1. The first-order valence-electron chi connectivity index (χ1n) is 5.90. The molecular weight excluding hydrogens is 285 g/mol. The molecule has 9 heteroatoms. The number of hydrogen-bond acceptors (Lipinski definition) is 4. The van der Waals surface area contributed by atoms with Crippen LogP contribution in [0, 0.1) is 0 Å². The third-order valence-corrected chi connectivity index (χ3v) is 4.63.